The molecule has 0 N–H and O–H groups in total. The van der Waals surface area contributed by atoms with Crippen molar-refractivity contribution < 1.29 is 0 Å². The zero-order valence-corrected chi connectivity index (χ0v) is 31.1. The number of rotatable bonds is 10. The highest BCUT2D eigenvalue weighted by molar-refractivity contribution is 7.25. The molecule has 0 radical (unpaired) electrons. The van der Waals surface area contributed by atoms with Gasteiger partial charge in [-0.3, -0.25) is 0 Å². The van der Waals surface area contributed by atoms with Gasteiger partial charge in [-0.1, -0.05) is 142 Å². The van der Waals surface area contributed by atoms with Crippen molar-refractivity contribution in [1.29, 1.82) is 0 Å². The van der Waals surface area contributed by atoms with E-state index in [0.29, 0.717) is 15.5 Å². The minimum Gasteiger partial charge on any atom is -0.130 e. The quantitative estimate of drug-likeness (QED) is 0.213. The summed E-state index contributed by atoms with van der Waals surface area (Å²) in [5, 5.41) is 1.15. The van der Waals surface area contributed by atoms with Crippen molar-refractivity contribution in [3.8, 4) is 0 Å². The van der Waals surface area contributed by atoms with E-state index in [-0.39, 0.29) is 0 Å². The first kappa shape index (κ1) is 33.6. The number of hydrogen-bond donors (Lipinski definition) is 0. The lowest BCUT2D eigenvalue weighted by Crippen LogP contribution is -2.67. The van der Waals surface area contributed by atoms with E-state index in [1.165, 1.54) is 167 Å². The van der Waals surface area contributed by atoms with Crippen LogP contribution in [0, 0.1) is 41.4 Å². The highest BCUT2D eigenvalue weighted by Gasteiger charge is 2.64. The normalized spacial score (nSPS) is 34.9. The van der Waals surface area contributed by atoms with Gasteiger partial charge in [-0.05, 0) is 90.3 Å². The summed E-state index contributed by atoms with van der Waals surface area (Å²) < 4.78 is 0. The van der Waals surface area contributed by atoms with Crippen molar-refractivity contribution in [3.63, 3.8) is 0 Å². The van der Waals surface area contributed by atoms with Crippen molar-refractivity contribution in [1.82, 2.24) is 0 Å². The molecule has 5 saturated carbocycles. The average Bonchev–Trinajstić information content (AvgIpc) is 3.03. The van der Waals surface area contributed by atoms with Crippen LogP contribution >= 0.6 is 27.7 Å². The molecule has 0 amide bonds. The Morgan fingerprint density at radius 3 is 1.44 bits per heavy atom. The third-order valence-corrected chi connectivity index (χ3v) is 18.8. The molecule has 0 bridgehead atoms. The molecule has 0 aliphatic heterocycles. The Hall–Kier alpha value is 1.29. The largest absolute Gasteiger partial charge is 0.130 e. The second kappa shape index (κ2) is 15.3. The van der Waals surface area contributed by atoms with Crippen LogP contribution in [0.25, 0.3) is 0 Å². The SMILES string of the molecule is CCC(C1CCCCC1)C(P)(C1CCCCC1)C1CCCCC1(P)C(P)(C1CCCCC1)C(CC)C1CCCCC1. The summed E-state index contributed by atoms with van der Waals surface area (Å²) in [5.74, 6) is 6.37. The van der Waals surface area contributed by atoms with Gasteiger partial charge in [-0.2, -0.15) is 0 Å². The van der Waals surface area contributed by atoms with E-state index in [1.54, 1.807) is 0 Å². The van der Waals surface area contributed by atoms with Gasteiger partial charge in [-0.15, -0.1) is 27.7 Å². The second-order valence-electron chi connectivity index (χ2n) is 16.3. The molecular formula is C38H71P3. The van der Waals surface area contributed by atoms with Gasteiger partial charge in [0, 0.05) is 5.16 Å². The van der Waals surface area contributed by atoms with Gasteiger partial charge >= 0.3 is 0 Å². The molecule has 9 unspecified atom stereocenters. The van der Waals surface area contributed by atoms with Gasteiger partial charge in [0.25, 0.3) is 0 Å². The van der Waals surface area contributed by atoms with E-state index < -0.39 is 0 Å². The van der Waals surface area contributed by atoms with Gasteiger partial charge in [0.15, 0.2) is 0 Å². The first-order chi connectivity index (χ1) is 19.9. The van der Waals surface area contributed by atoms with Gasteiger partial charge < -0.3 is 0 Å². The van der Waals surface area contributed by atoms with Gasteiger partial charge in [0.05, 0.1) is 0 Å². The molecule has 9 atom stereocenters. The van der Waals surface area contributed by atoms with E-state index in [1.807, 2.05) is 0 Å². The van der Waals surface area contributed by atoms with E-state index in [4.69, 9.17) is 0 Å². The summed E-state index contributed by atoms with van der Waals surface area (Å²) in [6.45, 7) is 5.22. The molecule has 5 fully saturated rings. The summed E-state index contributed by atoms with van der Waals surface area (Å²) in [5.41, 5.74) is 0. The topological polar surface area (TPSA) is 0 Å². The zero-order valence-electron chi connectivity index (χ0n) is 27.7. The van der Waals surface area contributed by atoms with Crippen LogP contribution in [0.3, 0.4) is 0 Å². The van der Waals surface area contributed by atoms with Gasteiger partial charge in [-0.25, -0.2) is 0 Å². The summed E-state index contributed by atoms with van der Waals surface area (Å²) in [4.78, 5) is 0. The fourth-order valence-electron chi connectivity index (χ4n) is 12.7. The Balaban J connectivity index is 1.62. The Bertz CT molecular complexity index is 774. The summed E-state index contributed by atoms with van der Waals surface area (Å²) >= 11 is 0. The van der Waals surface area contributed by atoms with Crippen molar-refractivity contribution in [3.05, 3.63) is 0 Å². The standard InChI is InChI=1S/C38H71P3/c1-3-33(29-19-9-5-10-20-29)37(40,31-23-13-7-14-24-31)35-27-17-18-28-36(35,39)38(41,32-25-15-8-16-26-32)34(4-2)30-21-11-6-12-22-30/h29-35H,3-28,39-41H2,1-2H3. The molecule has 238 valence electrons. The number of hydrogen-bond acceptors (Lipinski definition) is 0. The lowest BCUT2D eigenvalue weighted by molar-refractivity contribution is 0.00562. The van der Waals surface area contributed by atoms with Gasteiger partial charge in [0.2, 0.25) is 0 Å². The smallest absolute Gasteiger partial charge is 0.000191 e. The molecule has 0 nitrogen and oxygen atoms in total. The average molecular weight is 621 g/mol. The van der Waals surface area contributed by atoms with Crippen molar-refractivity contribution in [2.45, 2.75) is 196 Å². The summed E-state index contributed by atoms with van der Waals surface area (Å²) in [6, 6.07) is 0. The van der Waals surface area contributed by atoms with Crippen LogP contribution in [0.4, 0.5) is 0 Å². The molecule has 5 aliphatic rings. The third kappa shape index (κ3) is 6.60. The van der Waals surface area contributed by atoms with Crippen LogP contribution in [0.15, 0.2) is 0 Å². The Kier molecular flexibility index (Phi) is 12.5. The first-order valence-corrected chi connectivity index (χ1v) is 21.0. The van der Waals surface area contributed by atoms with Crippen LogP contribution in [0.5, 0.6) is 0 Å². The molecule has 5 aliphatic carbocycles. The highest BCUT2D eigenvalue weighted by Crippen LogP contribution is 2.69. The van der Waals surface area contributed by atoms with Crippen LogP contribution in [0.2, 0.25) is 0 Å². The zero-order chi connectivity index (χ0) is 28.9. The molecule has 0 heterocycles. The molecule has 0 spiro atoms. The minimum atomic E-state index is 0.358. The van der Waals surface area contributed by atoms with Crippen molar-refractivity contribution in [2.75, 3.05) is 0 Å². The molecule has 41 heavy (non-hydrogen) atoms. The minimum absolute atomic E-state index is 0.358. The van der Waals surface area contributed by atoms with E-state index in [2.05, 4.69) is 41.6 Å². The van der Waals surface area contributed by atoms with Crippen molar-refractivity contribution in [2.24, 2.45) is 41.4 Å². The molecular weight excluding hydrogens is 549 g/mol. The Morgan fingerprint density at radius 2 is 0.951 bits per heavy atom. The van der Waals surface area contributed by atoms with E-state index in [9.17, 15) is 0 Å². The first-order valence-electron chi connectivity index (χ1n) is 19.3. The lowest BCUT2D eigenvalue weighted by Gasteiger charge is -2.67. The predicted molar refractivity (Wildman–Crippen MR) is 193 cm³/mol. The maximum Gasteiger partial charge on any atom is 0.000191 e. The molecule has 0 aromatic heterocycles. The molecule has 0 aromatic carbocycles. The molecule has 3 heteroatoms. The fraction of sp³-hybridized carbons (Fsp3) is 1.00. The monoisotopic (exact) mass is 620 g/mol. The van der Waals surface area contributed by atoms with E-state index in [0.717, 1.165) is 41.4 Å². The third-order valence-electron chi connectivity index (χ3n) is 14.5. The van der Waals surface area contributed by atoms with Crippen LogP contribution in [-0.2, 0) is 0 Å². The molecule has 0 saturated heterocycles. The van der Waals surface area contributed by atoms with Crippen LogP contribution < -0.4 is 0 Å². The fourth-order valence-corrected chi connectivity index (χ4v) is 16.5. The van der Waals surface area contributed by atoms with Crippen molar-refractivity contribution >= 4 is 27.7 Å². The molecule has 0 aromatic rings. The van der Waals surface area contributed by atoms with Crippen LogP contribution in [0.1, 0.15) is 181 Å². The van der Waals surface area contributed by atoms with Gasteiger partial charge in [0.1, 0.15) is 0 Å². The highest BCUT2D eigenvalue weighted by atomic mass is 31.0. The Morgan fingerprint density at radius 1 is 0.537 bits per heavy atom. The predicted octanol–water partition coefficient (Wildman–Crippen LogP) is 12.4. The summed E-state index contributed by atoms with van der Waals surface area (Å²) in [7, 11) is 11.6. The summed E-state index contributed by atoms with van der Waals surface area (Å²) in [6.07, 6.45) is 38.7. The molecule has 5 rings (SSSR count). The second-order valence-corrected chi connectivity index (χ2v) is 19.3. The Labute approximate surface area is 264 Å². The lowest BCUT2D eigenvalue weighted by atomic mass is 9.50. The van der Waals surface area contributed by atoms with Crippen LogP contribution in [-0.4, -0.2) is 15.5 Å². The van der Waals surface area contributed by atoms with E-state index >= 15 is 0 Å². The maximum absolute atomic E-state index is 3.87. The maximum atomic E-state index is 3.87.